The molecule has 132 valence electrons. The van der Waals surface area contributed by atoms with Gasteiger partial charge in [0, 0.05) is 10.8 Å². The van der Waals surface area contributed by atoms with E-state index in [9.17, 15) is 4.79 Å². The van der Waals surface area contributed by atoms with E-state index in [0.717, 1.165) is 21.6 Å². The van der Waals surface area contributed by atoms with E-state index in [1.807, 2.05) is 30.0 Å². The highest BCUT2D eigenvalue weighted by Gasteiger charge is 2.17. The fourth-order valence-corrected chi connectivity index (χ4v) is 4.51. The summed E-state index contributed by atoms with van der Waals surface area (Å²) in [7, 11) is 0. The molecule has 0 radical (unpaired) electrons. The fourth-order valence-electron chi connectivity index (χ4n) is 2.77. The lowest BCUT2D eigenvalue weighted by Gasteiger charge is -2.03. The van der Waals surface area contributed by atoms with Crippen molar-refractivity contribution in [1.29, 1.82) is 0 Å². The molecule has 1 amide bonds. The summed E-state index contributed by atoms with van der Waals surface area (Å²) in [6.45, 7) is 6.66. The first-order valence-corrected chi connectivity index (χ1v) is 9.95. The Balaban J connectivity index is 1.62. The zero-order valence-electron chi connectivity index (χ0n) is 14.7. The second-order valence-corrected chi connectivity index (χ2v) is 8.20. The minimum absolute atomic E-state index is 0.123. The van der Waals surface area contributed by atoms with Crippen LogP contribution < -0.4 is 5.32 Å². The van der Waals surface area contributed by atoms with Gasteiger partial charge in [0.2, 0.25) is 0 Å². The molecule has 0 aliphatic carbocycles. The van der Waals surface area contributed by atoms with E-state index in [1.165, 1.54) is 33.8 Å². The van der Waals surface area contributed by atoms with Crippen LogP contribution >= 0.6 is 22.7 Å². The largest absolute Gasteiger partial charge is 0.297 e. The quantitative estimate of drug-likeness (QED) is 0.552. The number of rotatable bonds is 4. The number of aryl methyl sites for hydroxylation is 3. The van der Waals surface area contributed by atoms with Gasteiger partial charge in [-0.15, -0.1) is 22.7 Å². The van der Waals surface area contributed by atoms with Crippen molar-refractivity contribution in [2.45, 2.75) is 27.3 Å². The van der Waals surface area contributed by atoms with Crippen LogP contribution in [0.4, 0.5) is 5.13 Å². The number of fused-ring (bicyclic) bond motifs is 1. The molecule has 3 heterocycles. The number of amides is 1. The smallest absolute Gasteiger partial charge is 0.267 e. The fraction of sp³-hybridized carbons (Fsp3) is 0.211. The maximum atomic E-state index is 12.5. The van der Waals surface area contributed by atoms with Crippen molar-refractivity contribution in [3.8, 4) is 0 Å². The van der Waals surface area contributed by atoms with Crippen LogP contribution in [0.25, 0.3) is 10.2 Å². The molecule has 0 aliphatic rings. The number of nitrogens with zero attached hydrogens (tertiary/aromatic N) is 3. The van der Waals surface area contributed by atoms with E-state index in [1.54, 1.807) is 0 Å². The first-order valence-electron chi connectivity index (χ1n) is 8.25. The van der Waals surface area contributed by atoms with Gasteiger partial charge in [-0.1, -0.05) is 29.8 Å². The summed E-state index contributed by atoms with van der Waals surface area (Å²) in [5.41, 5.74) is 4.28. The van der Waals surface area contributed by atoms with Crippen LogP contribution in [0, 0.1) is 20.8 Å². The van der Waals surface area contributed by atoms with Gasteiger partial charge < -0.3 is 0 Å². The molecule has 0 aliphatic heterocycles. The molecule has 0 saturated carbocycles. The van der Waals surface area contributed by atoms with Crippen molar-refractivity contribution in [2.75, 3.05) is 5.32 Å². The van der Waals surface area contributed by atoms with Gasteiger partial charge in [-0.2, -0.15) is 5.10 Å². The van der Waals surface area contributed by atoms with Gasteiger partial charge >= 0.3 is 0 Å². The highest BCUT2D eigenvalue weighted by Crippen LogP contribution is 2.29. The molecule has 1 aromatic carbocycles. The second-order valence-electron chi connectivity index (χ2n) is 6.31. The number of hydrogen-bond donors (Lipinski definition) is 1. The molecule has 26 heavy (non-hydrogen) atoms. The summed E-state index contributed by atoms with van der Waals surface area (Å²) >= 11 is 2.90. The Kier molecular flexibility index (Phi) is 4.34. The Hall–Kier alpha value is -2.51. The summed E-state index contributed by atoms with van der Waals surface area (Å²) in [6.07, 6.45) is 0. The maximum absolute atomic E-state index is 12.5. The summed E-state index contributed by atoms with van der Waals surface area (Å²) in [5.74, 6) is -0.123. The summed E-state index contributed by atoms with van der Waals surface area (Å²) in [5, 5.41) is 11.1. The van der Waals surface area contributed by atoms with E-state index >= 15 is 0 Å². The molecule has 0 spiro atoms. The van der Waals surface area contributed by atoms with E-state index in [2.05, 4.69) is 46.6 Å². The van der Waals surface area contributed by atoms with E-state index in [-0.39, 0.29) is 5.91 Å². The van der Waals surface area contributed by atoms with Gasteiger partial charge in [0.15, 0.2) is 5.13 Å². The lowest BCUT2D eigenvalue weighted by atomic mass is 10.1. The number of aromatic nitrogens is 3. The summed E-state index contributed by atoms with van der Waals surface area (Å²) in [6, 6.07) is 10.4. The van der Waals surface area contributed by atoms with Gasteiger partial charge in [0.25, 0.3) is 5.91 Å². The molecular formula is C19H18N4OS2. The summed E-state index contributed by atoms with van der Waals surface area (Å²) in [4.78, 5) is 18.5. The Bertz CT molecular complexity index is 1090. The molecule has 4 aromatic rings. The first kappa shape index (κ1) is 16.9. The zero-order valence-corrected chi connectivity index (χ0v) is 16.4. The third-order valence-electron chi connectivity index (χ3n) is 4.12. The van der Waals surface area contributed by atoms with E-state index in [4.69, 9.17) is 0 Å². The number of hydrogen-bond acceptors (Lipinski definition) is 5. The molecule has 0 bridgehead atoms. The third-order valence-corrected chi connectivity index (χ3v) is 6.15. The van der Waals surface area contributed by atoms with Gasteiger partial charge in [0.1, 0.15) is 4.83 Å². The number of thiophene rings is 1. The predicted octanol–water partition coefficient (Wildman–Crippen LogP) is 4.78. The normalized spacial score (nSPS) is 11.2. The number of carbonyl (C=O) groups is 1. The SMILES string of the molecule is Cc1ccc(Cn2nc(C)c3cc(C(=O)Nc4nc(C)cs4)sc32)cc1. The maximum Gasteiger partial charge on any atom is 0.267 e. The molecule has 0 atom stereocenters. The molecule has 0 saturated heterocycles. The van der Waals surface area contributed by atoms with Crippen LogP contribution in [-0.4, -0.2) is 20.7 Å². The number of carbonyl (C=O) groups excluding carboxylic acids is 1. The third kappa shape index (κ3) is 3.27. The average molecular weight is 383 g/mol. The van der Waals surface area contributed by atoms with Gasteiger partial charge in [-0.3, -0.25) is 14.8 Å². The van der Waals surface area contributed by atoms with Gasteiger partial charge in [-0.05, 0) is 32.4 Å². The van der Waals surface area contributed by atoms with Crippen LogP contribution in [0.1, 0.15) is 32.2 Å². The monoisotopic (exact) mass is 382 g/mol. The van der Waals surface area contributed by atoms with Crippen molar-refractivity contribution in [2.24, 2.45) is 0 Å². The Labute approximate surface area is 159 Å². The molecule has 4 rings (SSSR count). The van der Waals surface area contributed by atoms with Crippen molar-refractivity contribution in [3.05, 3.63) is 63.1 Å². The van der Waals surface area contributed by atoms with E-state index < -0.39 is 0 Å². The van der Waals surface area contributed by atoms with Crippen LogP contribution in [0.5, 0.6) is 0 Å². The number of anilines is 1. The van der Waals surface area contributed by atoms with Gasteiger partial charge in [-0.25, -0.2) is 4.98 Å². The number of thiazole rings is 1. The second kappa shape index (κ2) is 6.66. The average Bonchev–Trinajstić information content (AvgIpc) is 3.28. The minimum Gasteiger partial charge on any atom is -0.297 e. The molecular weight excluding hydrogens is 364 g/mol. The van der Waals surface area contributed by atoms with E-state index in [0.29, 0.717) is 16.6 Å². The number of benzene rings is 1. The zero-order chi connectivity index (χ0) is 18.3. The first-order chi connectivity index (χ1) is 12.5. The lowest BCUT2D eigenvalue weighted by molar-refractivity contribution is 0.103. The van der Waals surface area contributed by atoms with Crippen molar-refractivity contribution >= 4 is 43.9 Å². The van der Waals surface area contributed by atoms with Crippen molar-refractivity contribution in [3.63, 3.8) is 0 Å². The Morgan fingerprint density at radius 3 is 2.65 bits per heavy atom. The lowest BCUT2D eigenvalue weighted by Crippen LogP contribution is -2.09. The van der Waals surface area contributed by atoms with Crippen LogP contribution in [0.2, 0.25) is 0 Å². The molecule has 1 N–H and O–H groups in total. The topological polar surface area (TPSA) is 59.8 Å². The molecule has 0 fully saturated rings. The highest BCUT2D eigenvalue weighted by molar-refractivity contribution is 7.20. The van der Waals surface area contributed by atoms with Crippen molar-refractivity contribution < 1.29 is 4.79 Å². The summed E-state index contributed by atoms with van der Waals surface area (Å²) < 4.78 is 1.98. The number of nitrogens with one attached hydrogen (secondary N) is 1. The van der Waals surface area contributed by atoms with Crippen LogP contribution in [0.15, 0.2) is 35.7 Å². The standard InChI is InChI=1S/C19H18N4OS2/c1-11-4-6-14(7-5-11)9-23-18-15(13(3)22-23)8-16(26-18)17(24)21-19-20-12(2)10-25-19/h4-8,10H,9H2,1-3H3,(H,20,21,24). The highest BCUT2D eigenvalue weighted by atomic mass is 32.1. The minimum atomic E-state index is -0.123. The van der Waals surface area contributed by atoms with Gasteiger partial charge in [0.05, 0.1) is 22.8 Å². The molecule has 7 heteroatoms. The van der Waals surface area contributed by atoms with Crippen LogP contribution in [-0.2, 0) is 6.54 Å². The molecule has 5 nitrogen and oxygen atoms in total. The predicted molar refractivity (Wildman–Crippen MR) is 107 cm³/mol. The molecule has 0 unspecified atom stereocenters. The van der Waals surface area contributed by atoms with Crippen LogP contribution in [0.3, 0.4) is 0 Å². The Morgan fingerprint density at radius 1 is 1.19 bits per heavy atom. The Morgan fingerprint density at radius 2 is 1.96 bits per heavy atom. The molecule has 3 aromatic heterocycles. The van der Waals surface area contributed by atoms with Crippen molar-refractivity contribution in [1.82, 2.24) is 14.8 Å².